The first kappa shape index (κ1) is 19.0. The van der Waals surface area contributed by atoms with Crippen LogP contribution in [0.25, 0.3) is 22.5 Å². The molecular weight excluding hydrogens is 386 g/mol. The Kier molecular flexibility index (Phi) is 4.86. The minimum atomic E-state index is -0.0739. The summed E-state index contributed by atoms with van der Waals surface area (Å²) >= 11 is 0. The Morgan fingerprint density at radius 2 is 2.07 bits per heavy atom. The Bertz CT molecular complexity index is 1070. The van der Waals surface area contributed by atoms with E-state index in [4.69, 9.17) is 9.15 Å². The Morgan fingerprint density at radius 1 is 1.23 bits per heavy atom. The molecule has 1 amide bonds. The lowest BCUT2D eigenvalue weighted by Crippen LogP contribution is -2.28. The fourth-order valence-corrected chi connectivity index (χ4v) is 4.16. The average Bonchev–Trinajstić information content (AvgIpc) is 3.48. The SMILES string of the molecule is CCn1ncc2c(NC3CCOCC3)c(-c3nnc(C4CC(=O)N(C)C4)o3)cnc21. The van der Waals surface area contributed by atoms with Crippen molar-refractivity contribution < 1.29 is 13.9 Å². The molecular formula is C20H25N7O3. The van der Waals surface area contributed by atoms with E-state index in [1.165, 1.54) is 0 Å². The largest absolute Gasteiger partial charge is 0.420 e. The van der Waals surface area contributed by atoms with Gasteiger partial charge in [0.2, 0.25) is 11.8 Å². The summed E-state index contributed by atoms with van der Waals surface area (Å²) in [6.07, 6.45) is 5.85. The Labute approximate surface area is 173 Å². The van der Waals surface area contributed by atoms with Gasteiger partial charge in [-0.1, -0.05) is 0 Å². The number of hydrogen-bond donors (Lipinski definition) is 1. The number of likely N-dealkylation sites (N-methyl/N-ethyl adjacent to an activating group) is 1. The van der Waals surface area contributed by atoms with Gasteiger partial charge >= 0.3 is 0 Å². The summed E-state index contributed by atoms with van der Waals surface area (Å²) < 4.78 is 13.4. The van der Waals surface area contributed by atoms with E-state index in [1.807, 2.05) is 17.8 Å². The van der Waals surface area contributed by atoms with E-state index < -0.39 is 0 Å². The number of amides is 1. The van der Waals surface area contributed by atoms with Crippen molar-refractivity contribution >= 4 is 22.6 Å². The molecule has 1 N–H and O–H groups in total. The summed E-state index contributed by atoms with van der Waals surface area (Å²) in [6, 6.07) is 0.288. The molecule has 5 heterocycles. The van der Waals surface area contributed by atoms with Crippen molar-refractivity contribution in [3.8, 4) is 11.5 Å². The van der Waals surface area contributed by atoms with E-state index in [1.54, 1.807) is 18.1 Å². The number of carbonyl (C=O) groups excluding carboxylic acids is 1. The number of pyridine rings is 1. The fourth-order valence-electron chi connectivity index (χ4n) is 4.16. The fraction of sp³-hybridized carbons (Fsp3) is 0.550. The highest BCUT2D eigenvalue weighted by atomic mass is 16.5. The molecule has 0 spiro atoms. The lowest BCUT2D eigenvalue weighted by molar-refractivity contribution is -0.126. The maximum Gasteiger partial charge on any atom is 0.251 e. The maximum absolute atomic E-state index is 11.9. The van der Waals surface area contributed by atoms with Crippen LogP contribution in [-0.4, -0.2) is 68.6 Å². The van der Waals surface area contributed by atoms with Crippen LogP contribution in [0.15, 0.2) is 16.8 Å². The second-order valence-corrected chi connectivity index (χ2v) is 7.90. The van der Waals surface area contributed by atoms with E-state index in [2.05, 4.69) is 25.6 Å². The zero-order chi connectivity index (χ0) is 20.7. The van der Waals surface area contributed by atoms with Gasteiger partial charge in [0.25, 0.3) is 5.89 Å². The first-order valence-corrected chi connectivity index (χ1v) is 10.4. The molecule has 10 heteroatoms. The molecule has 2 fully saturated rings. The predicted molar refractivity (Wildman–Crippen MR) is 109 cm³/mol. The second-order valence-electron chi connectivity index (χ2n) is 7.90. The molecule has 158 valence electrons. The number of carbonyl (C=O) groups is 1. The van der Waals surface area contributed by atoms with Gasteiger partial charge in [0.1, 0.15) is 0 Å². The number of aryl methyl sites for hydroxylation is 1. The number of hydrogen-bond acceptors (Lipinski definition) is 8. The molecule has 0 aromatic carbocycles. The molecule has 5 rings (SSSR count). The lowest BCUT2D eigenvalue weighted by atomic mass is 10.1. The van der Waals surface area contributed by atoms with Crippen LogP contribution < -0.4 is 5.32 Å². The van der Waals surface area contributed by atoms with Gasteiger partial charge in [-0.15, -0.1) is 10.2 Å². The van der Waals surface area contributed by atoms with E-state index >= 15 is 0 Å². The van der Waals surface area contributed by atoms with Gasteiger partial charge in [0, 0.05) is 52.0 Å². The van der Waals surface area contributed by atoms with E-state index in [0.717, 1.165) is 54.9 Å². The molecule has 0 aliphatic carbocycles. The van der Waals surface area contributed by atoms with Crippen molar-refractivity contribution in [3.05, 3.63) is 18.3 Å². The molecule has 10 nitrogen and oxygen atoms in total. The molecule has 1 unspecified atom stereocenters. The average molecular weight is 411 g/mol. The molecule has 2 aliphatic rings. The molecule has 3 aromatic rings. The first-order chi connectivity index (χ1) is 14.6. The molecule has 0 bridgehead atoms. The van der Waals surface area contributed by atoms with Gasteiger partial charge in [-0.25, -0.2) is 9.67 Å². The quantitative estimate of drug-likeness (QED) is 0.679. The van der Waals surface area contributed by atoms with Crippen LogP contribution in [-0.2, 0) is 16.1 Å². The van der Waals surface area contributed by atoms with Gasteiger partial charge in [-0.2, -0.15) is 5.10 Å². The summed E-state index contributed by atoms with van der Waals surface area (Å²) in [5.41, 5.74) is 2.47. The minimum Gasteiger partial charge on any atom is -0.420 e. The van der Waals surface area contributed by atoms with E-state index in [9.17, 15) is 4.79 Å². The number of nitrogens with zero attached hydrogens (tertiary/aromatic N) is 6. The maximum atomic E-state index is 11.9. The smallest absolute Gasteiger partial charge is 0.251 e. The molecule has 3 aromatic heterocycles. The van der Waals surface area contributed by atoms with Crippen LogP contribution in [0.4, 0.5) is 5.69 Å². The Balaban J connectivity index is 1.53. The van der Waals surface area contributed by atoms with Gasteiger partial charge in [-0.05, 0) is 19.8 Å². The summed E-state index contributed by atoms with van der Waals surface area (Å²) in [4.78, 5) is 18.2. The van der Waals surface area contributed by atoms with Gasteiger partial charge in [0.05, 0.1) is 28.8 Å². The standard InChI is InChI=1S/C20H25N7O3/c1-3-27-18-14(10-22-27)17(23-13-4-6-29-7-5-13)15(9-21-18)20-25-24-19(30-20)12-8-16(28)26(2)11-12/h9-10,12-13H,3-8,11H2,1-2H3,(H,21,23). The predicted octanol–water partition coefficient (Wildman–Crippen LogP) is 2.04. The van der Waals surface area contributed by atoms with Crippen molar-refractivity contribution in [2.45, 2.75) is 44.7 Å². The van der Waals surface area contributed by atoms with Crippen LogP contribution in [0.3, 0.4) is 0 Å². The Hall–Kier alpha value is -3.01. The number of nitrogens with one attached hydrogen (secondary N) is 1. The highest BCUT2D eigenvalue weighted by Gasteiger charge is 2.32. The number of likely N-dealkylation sites (tertiary alicyclic amines) is 1. The van der Waals surface area contributed by atoms with Crippen molar-refractivity contribution in [1.82, 2.24) is 29.9 Å². The summed E-state index contributed by atoms with van der Waals surface area (Å²) in [7, 11) is 1.79. The first-order valence-electron chi connectivity index (χ1n) is 10.4. The number of rotatable bonds is 5. The number of ether oxygens (including phenoxy) is 1. The number of anilines is 1. The highest BCUT2D eigenvalue weighted by molar-refractivity contribution is 5.96. The zero-order valence-electron chi connectivity index (χ0n) is 17.2. The summed E-state index contributed by atoms with van der Waals surface area (Å²) in [5.74, 6) is 0.913. The van der Waals surface area contributed by atoms with E-state index in [-0.39, 0.29) is 17.9 Å². The molecule has 0 radical (unpaired) electrons. The second kappa shape index (κ2) is 7.67. The number of aromatic nitrogens is 5. The van der Waals surface area contributed by atoms with E-state index in [0.29, 0.717) is 24.7 Å². The molecule has 30 heavy (non-hydrogen) atoms. The third kappa shape index (κ3) is 3.30. The number of fused-ring (bicyclic) bond motifs is 1. The minimum absolute atomic E-state index is 0.0739. The molecule has 2 saturated heterocycles. The van der Waals surface area contributed by atoms with Crippen LogP contribution >= 0.6 is 0 Å². The van der Waals surface area contributed by atoms with Crippen LogP contribution in [0.1, 0.15) is 38.0 Å². The van der Waals surface area contributed by atoms with Crippen LogP contribution in [0, 0.1) is 0 Å². The van der Waals surface area contributed by atoms with Crippen molar-refractivity contribution in [1.29, 1.82) is 0 Å². The molecule has 2 aliphatic heterocycles. The van der Waals surface area contributed by atoms with Gasteiger partial charge < -0.3 is 19.4 Å². The summed E-state index contributed by atoms with van der Waals surface area (Å²) in [5, 5.41) is 17.6. The monoisotopic (exact) mass is 411 g/mol. The molecule has 1 atom stereocenters. The summed E-state index contributed by atoms with van der Waals surface area (Å²) in [6.45, 7) is 4.85. The van der Waals surface area contributed by atoms with Crippen LogP contribution in [0.5, 0.6) is 0 Å². The topological polar surface area (TPSA) is 111 Å². The van der Waals surface area contributed by atoms with Crippen molar-refractivity contribution in [2.75, 3.05) is 32.1 Å². The lowest BCUT2D eigenvalue weighted by Gasteiger charge is -2.25. The van der Waals surface area contributed by atoms with Crippen molar-refractivity contribution in [2.24, 2.45) is 0 Å². The van der Waals surface area contributed by atoms with Crippen LogP contribution in [0.2, 0.25) is 0 Å². The zero-order valence-corrected chi connectivity index (χ0v) is 17.2. The Morgan fingerprint density at radius 3 is 2.80 bits per heavy atom. The highest BCUT2D eigenvalue weighted by Crippen LogP contribution is 2.36. The van der Waals surface area contributed by atoms with Crippen molar-refractivity contribution in [3.63, 3.8) is 0 Å². The third-order valence-electron chi connectivity index (χ3n) is 5.90. The third-order valence-corrected chi connectivity index (χ3v) is 5.90. The van der Waals surface area contributed by atoms with Gasteiger partial charge in [-0.3, -0.25) is 4.79 Å². The van der Waals surface area contributed by atoms with Gasteiger partial charge in [0.15, 0.2) is 5.65 Å². The normalized spacial score (nSPS) is 20.4. The molecule has 0 saturated carbocycles.